The number of hydrogen-bond acceptors (Lipinski definition) is 6. The van der Waals surface area contributed by atoms with Crippen LogP contribution in [0.1, 0.15) is 247 Å². The molecule has 0 fully saturated rings. The highest BCUT2D eigenvalue weighted by Gasteiger charge is 2.33. The number of allylic oxidation sites excluding steroid dienone is 4. The molecule has 0 aromatic heterocycles. The highest BCUT2D eigenvalue weighted by Crippen LogP contribution is 2.19. The second-order valence-electron chi connectivity index (χ2n) is 21.8. The van der Waals surface area contributed by atoms with E-state index in [0.29, 0.717) is 52.1 Å². The molecular weight excluding hydrogens is 869 g/mol. The molecule has 0 aromatic rings. The standard InChI is InChI=1S/C60H116N6O4/c1-11-13-15-17-19-21-23-25-27-29-31-33-35-37-41-45-55(67)65(51-49-63(7)8)57(53(3)4)59(69)61-47-43-39-40-44-48-62-60(70)58(54(5)6)66(52-50-64(9)10)56(68)46-42-38-36-34-32-30-28-26-24-22-20-18-16-14-12-2/h25-28,53-54,57-58H,11-24,29-52H2,1-10H3,(H,61,69)(H,62,70)/b27-25-,28-26-. The maximum Gasteiger partial charge on any atom is 0.243 e. The second-order valence-corrected chi connectivity index (χ2v) is 21.8. The summed E-state index contributed by atoms with van der Waals surface area (Å²) >= 11 is 0. The van der Waals surface area contributed by atoms with E-state index >= 15 is 0 Å². The van der Waals surface area contributed by atoms with Crippen LogP contribution in [-0.4, -0.2) is 123 Å². The minimum atomic E-state index is -0.495. The van der Waals surface area contributed by atoms with Crippen molar-refractivity contribution in [3.05, 3.63) is 24.3 Å². The quantitative estimate of drug-likeness (QED) is 0.0465. The van der Waals surface area contributed by atoms with Gasteiger partial charge >= 0.3 is 0 Å². The monoisotopic (exact) mass is 985 g/mol. The fraction of sp³-hybridized carbons (Fsp3) is 0.867. The molecule has 2 N–H and O–H groups in total. The van der Waals surface area contributed by atoms with Crippen molar-refractivity contribution in [1.82, 2.24) is 30.2 Å². The third kappa shape index (κ3) is 38.0. The summed E-state index contributed by atoms with van der Waals surface area (Å²) in [5.74, 6) is 0.0324. The Bertz CT molecular complexity index is 1220. The smallest absolute Gasteiger partial charge is 0.243 e. The van der Waals surface area contributed by atoms with E-state index in [1.807, 2.05) is 65.7 Å². The van der Waals surface area contributed by atoms with Crippen molar-refractivity contribution in [2.24, 2.45) is 11.8 Å². The molecule has 0 heterocycles. The van der Waals surface area contributed by atoms with Crippen LogP contribution in [0.2, 0.25) is 0 Å². The normalized spacial score (nSPS) is 12.8. The van der Waals surface area contributed by atoms with Gasteiger partial charge in [-0.1, -0.05) is 181 Å². The van der Waals surface area contributed by atoms with Gasteiger partial charge in [0, 0.05) is 52.1 Å². The van der Waals surface area contributed by atoms with Crippen LogP contribution >= 0.6 is 0 Å². The largest absolute Gasteiger partial charge is 0.354 e. The molecule has 10 heteroatoms. The predicted molar refractivity (Wildman–Crippen MR) is 301 cm³/mol. The SMILES string of the molecule is CCCCCCCC/C=C\CCCCCCCC(=O)N(CCN(C)C)C(C(=O)NCCCCCCNC(=O)C(C(C)C)N(CCN(C)C)C(=O)CCCCCCC/C=C\CCCCCCCC)C(C)C. The van der Waals surface area contributed by atoms with Gasteiger partial charge in [0.05, 0.1) is 0 Å². The summed E-state index contributed by atoms with van der Waals surface area (Å²) in [6, 6.07) is -0.989. The maximum atomic E-state index is 13.7. The first-order valence-electron chi connectivity index (χ1n) is 29.5. The van der Waals surface area contributed by atoms with E-state index in [1.54, 1.807) is 0 Å². The van der Waals surface area contributed by atoms with E-state index in [2.05, 4.69) is 58.6 Å². The van der Waals surface area contributed by atoms with Gasteiger partial charge in [0.2, 0.25) is 23.6 Å². The highest BCUT2D eigenvalue weighted by atomic mass is 16.2. The molecule has 0 bridgehead atoms. The van der Waals surface area contributed by atoms with Crippen LogP contribution in [-0.2, 0) is 19.2 Å². The Morgan fingerprint density at radius 2 is 0.643 bits per heavy atom. The molecule has 2 unspecified atom stereocenters. The average Bonchev–Trinajstić information content (AvgIpc) is 3.31. The zero-order valence-corrected chi connectivity index (χ0v) is 47.9. The first-order chi connectivity index (χ1) is 33.8. The highest BCUT2D eigenvalue weighted by molar-refractivity contribution is 5.88. The summed E-state index contributed by atoms with van der Waals surface area (Å²) in [5.41, 5.74) is 0. The van der Waals surface area contributed by atoms with Crippen molar-refractivity contribution in [1.29, 1.82) is 0 Å². The number of rotatable bonds is 49. The molecular formula is C60H116N6O4. The topological polar surface area (TPSA) is 105 Å². The lowest BCUT2D eigenvalue weighted by Crippen LogP contribution is -2.54. The molecule has 0 spiro atoms. The first kappa shape index (κ1) is 67.3. The van der Waals surface area contributed by atoms with Gasteiger partial charge < -0.3 is 30.2 Å². The van der Waals surface area contributed by atoms with Crippen molar-refractivity contribution in [3.8, 4) is 0 Å². The molecule has 0 rings (SSSR count). The zero-order valence-electron chi connectivity index (χ0n) is 47.9. The minimum absolute atomic E-state index is 0.000402. The maximum absolute atomic E-state index is 13.7. The number of likely N-dealkylation sites (N-methyl/N-ethyl adjacent to an activating group) is 2. The van der Waals surface area contributed by atoms with Crippen molar-refractivity contribution in [3.63, 3.8) is 0 Å². The molecule has 0 saturated heterocycles. The van der Waals surface area contributed by atoms with Crippen LogP contribution in [0.15, 0.2) is 24.3 Å². The van der Waals surface area contributed by atoms with Gasteiger partial charge in [0.1, 0.15) is 12.1 Å². The van der Waals surface area contributed by atoms with Crippen molar-refractivity contribution in [2.45, 2.75) is 259 Å². The van der Waals surface area contributed by atoms with E-state index in [1.165, 1.54) is 116 Å². The Hall–Kier alpha value is -2.72. The van der Waals surface area contributed by atoms with E-state index in [-0.39, 0.29) is 35.5 Å². The summed E-state index contributed by atoms with van der Waals surface area (Å²) in [4.78, 5) is 62.6. The lowest BCUT2D eigenvalue weighted by Gasteiger charge is -2.34. The summed E-state index contributed by atoms with van der Waals surface area (Å²) in [5, 5.41) is 6.33. The third-order valence-corrected chi connectivity index (χ3v) is 13.7. The second kappa shape index (κ2) is 47.3. The van der Waals surface area contributed by atoms with E-state index in [0.717, 1.165) is 77.0 Å². The Morgan fingerprint density at radius 1 is 0.371 bits per heavy atom. The van der Waals surface area contributed by atoms with Gasteiger partial charge in [-0.3, -0.25) is 19.2 Å². The van der Waals surface area contributed by atoms with Gasteiger partial charge in [-0.25, -0.2) is 0 Å². The number of carbonyl (C=O) groups is 4. The fourth-order valence-corrected chi connectivity index (χ4v) is 9.28. The van der Waals surface area contributed by atoms with E-state index in [4.69, 9.17) is 0 Å². The van der Waals surface area contributed by atoms with Crippen LogP contribution in [0.5, 0.6) is 0 Å². The van der Waals surface area contributed by atoms with E-state index < -0.39 is 12.1 Å². The van der Waals surface area contributed by atoms with Crippen molar-refractivity contribution >= 4 is 23.6 Å². The summed E-state index contributed by atoms with van der Waals surface area (Å²) in [6.45, 7) is 16.3. The lowest BCUT2D eigenvalue weighted by atomic mass is 10.00. The number of carbonyl (C=O) groups excluding carboxylic acids is 4. The fourth-order valence-electron chi connectivity index (χ4n) is 9.28. The zero-order chi connectivity index (χ0) is 52.0. The first-order valence-corrected chi connectivity index (χ1v) is 29.5. The Labute approximate surface area is 434 Å². The molecule has 0 saturated carbocycles. The van der Waals surface area contributed by atoms with Gasteiger partial charge in [-0.05, 0) is 117 Å². The van der Waals surface area contributed by atoms with Gasteiger partial charge in [0.15, 0.2) is 0 Å². The molecule has 70 heavy (non-hydrogen) atoms. The van der Waals surface area contributed by atoms with Crippen LogP contribution < -0.4 is 10.6 Å². The number of unbranched alkanes of at least 4 members (excludes halogenated alkanes) is 25. The third-order valence-electron chi connectivity index (χ3n) is 13.7. The Kier molecular flexibility index (Phi) is 45.5. The summed E-state index contributed by atoms with van der Waals surface area (Å²) in [7, 11) is 8.03. The molecule has 0 aliphatic heterocycles. The van der Waals surface area contributed by atoms with E-state index in [9.17, 15) is 19.2 Å². The number of amides is 4. The number of nitrogens with one attached hydrogen (secondary N) is 2. The molecule has 410 valence electrons. The van der Waals surface area contributed by atoms with Gasteiger partial charge in [-0.2, -0.15) is 0 Å². The molecule has 0 aliphatic rings. The summed E-state index contributed by atoms with van der Waals surface area (Å²) in [6.07, 6.45) is 45.7. The van der Waals surface area contributed by atoms with Crippen LogP contribution in [0, 0.1) is 11.8 Å². The average molecular weight is 986 g/mol. The van der Waals surface area contributed by atoms with Gasteiger partial charge in [0.25, 0.3) is 0 Å². The van der Waals surface area contributed by atoms with Crippen molar-refractivity contribution in [2.75, 3.05) is 67.5 Å². The summed E-state index contributed by atoms with van der Waals surface area (Å²) < 4.78 is 0. The predicted octanol–water partition coefficient (Wildman–Crippen LogP) is 13.7. The lowest BCUT2D eigenvalue weighted by molar-refractivity contribution is -0.142. The molecule has 10 nitrogen and oxygen atoms in total. The Morgan fingerprint density at radius 3 is 0.929 bits per heavy atom. The minimum Gasteiger partial charge on any atom is -0.354 e. The number of hydrogen-bond donors (Lipinski definition) is 2. The van der Waals surface area contributed by atoms with Crippen molar-refractivity contribution < 1.29 is 19.2 Å². The molecule has 0 aromatic carbocycles. The Balaban J connectivity index is 4.77. The molecule has 0 aliphatic carbocycles. The van der Waals surface area contributed by atoms with Crippen LogP contribution in [0.3, 0.4) is 0 Å². The van der Waals surface area contributed by atoms with Crippen LogP contribution in [0.4, 0.5) is 0 Å². The molecule has 4 amide bonds. The number of nitrogens with zero attached hydrogens (tertiary/aromatic N) is 4. The molecule has 2 atom stereocenters. The van der Waals surface area contributed by atoms with Gasteiger partial charge in [-0.15, -0.1) is 0 Å². The van der Waals surface area contributed by atoms with Crippen LogP contribution in [0.25, 0.3) is 0 Å². The molecule has 0 radical (unpaired) electrons.